The van der Waals surface area contributed by atoms with Gasteiger partial charge in [0, 0.05) is 18.7 Å². The number of amides is 1. The third-order valence-corrected chi connectivity index (χ3v) is 2.18. The van der Waals surface area contributed by atoms with Crippen molar-refractivity contribution in [3.05, 3.63) is 22.4 Å². The number of nitrogens with one attached hydrogen (secondary N) is 1. The van der Waals surface area contributed by atoms with Crippen LogP contribution in [0.3, 0.4) is 0 Å². The van der Waals surface area contributed by atoms with Gasteiger partial charge in [0.1, 0.15) is 16.0 Å². The summed E-state index contributed by atoms with van der Waals surface area (Å²) in [6.45, 7) is 2.64. The van der Waals surface area contributed by atoms with Gasteiger partial charge < -0.3 is 10.1 Å². The van der Waals surface area contributed by atoms with Crippen molar-refractivity contribution in [2.24, 2.45) is 0 Å². The number of aromatic nitrogens is 1. The summed E-state index contributed by atoms with van der Waals surface area (Å²) >= 11 is 3.22. The van der Waals surface area contributed by atoms with Crippen LogP contribution in [0.15, 0.2) is 16.7 Å². The molecule has 1 rings (SSSR count). The first-order chi connectivity index (χ1) is 7.17. The zero-order valence-electron chi connectivity index (χ0n) is 8.71. The van der Waals surface area contributed by atoms with Crippen LogP contribution in [0, 0.1) is 0 Å². The summed E-state index contributed by atoms with van der Waals surface area (Å²) < 4.78 is 5.63. The summed E-state index contributed by atoms with van der Waals surface area (Å²) in [6.07, 6.45) is 0.900. The maximum atomic E-state index is 11.6. The lowest BCUT2D eigenvalue weighted by Crippen LogP contribution is -2.25. The van der Waals surface area contributed by atoms with Gasteiger partial charge >= 0.3 is 0 Å². The normalized spacial score (nSPS) is 9.80. The van der Waals surface area contributed by atoms with Crippen molar-refractivity contribution >= 4 is 21.8 Å². The average molecular weight is 273 g/mol. The Labute approximate surface area is 97.2 Å². The standard InChI is InChI=1S/C10H13BrN2O2/c1-3-4-12-10(14)8-5-7(15-2)6-9(11)13-8/h5-6H,3-4H2,1-2H3,(H,12,14). The Bertz CT molecular complexity index is 355. The molecule has 0 aromatic carbocycles. The third-order valence-electron chi connectivity index (χ3n) is 1.77. The molecule has 0 saturated carbocycles. The molecule has 1 aromatic rings. The smallest absolute Gasteiger partial charge is 0.270 e. The first-order valence-electron chi connectivity index (χ1n) is 4.67. The van der Waals surface area contributed by atoms with E-state index in [4.69, 9.17) is 4.74 Å². The van der Waals surface area contributed by atoms with E-state index in [0.29, 0.717) is 22.6 Å². The highest BCUT2D eigenvalue weighted by molar-refractivity contribution is 9.10. The van der Waals surface area contributed by atoms with Crippen molar-refractivity contribution in [3.8, 4) is 5.75 Å². The van der Waals surface area contributed by atoms with Crippen LogP contribution in [-0.2, 0) is 0 Å². The van der Waals surface area contributed by atoms with Crippen molar-refractivity contribution in [1.29, 1.82) is 0 Å². The van der Waals surface area contributed by atoms with E-state index < -0.39 is 0 Å². The molecule has 0 spiro atoms. The number of hydrogen-bond donors (Lipinski definition) is 1. The molecule has 0 aliphatic heterocycles. The fourth-order valence-corrected chi connectivity index (χ4v) is 1.45. The minimum absolute atomic E-state index is 0.184. The molecule has 1 heterocycles. The number of pyridine rings is 1. The van der Waals surface area contributed by atoms with E-state index in [9.17, 15) is 4.79 Å². The lowest BCUT2D eigenvalue weighted by Gasteiger charge is -2.05. The Hall–Kier alpha value is -1.10. The van der Waals surface area contributed by atoms with E-state index in [-0.39, 0.29) is 5.91 Å². The molecule has 1 amide bonds. The molecule has 0 aliphatic rings. The van der Waals surface area contributed by atoms with E-state index in [2.05, 4.69) is 26.2 Å². The van der Waals surface area contributed by atoms with E-state index in [1.165, 1.54) is 0 Å². The number of carbonyl (C=O) groups is 1. The Morgan fingerprint density at radius 3 is 2.93 bits per heavy atom. The summed E-state index contributed by atoms with van der Waals surface area (Å²) in [5, 5.41) is 2.75. The third kappa shape index (κ3) is 3.51. The van der Waals surface area contributed by atoms with Crippen molar-refractivity contribution in [1.82, 2.24) is 10.3 Å². The van der Waals surface area contributed by atoms with Crippen LogP contribution >= 0.6 is 15.9 Å². The molecule has 5 heteroatoms. The van der Waals surface area contributed by atoms with Gasteiger partial charge in [0.2, 0.25) is 0 Å². The lowest BCUT2D eigenvalue weighted by atomic mass is 10.3. The molecule has 0 aliphatic carbocycles. The molecule has 0 bridgehead atoms. The van der Waals surface area contributed by atoms with Crippen molar-refractivity contribution < 1.29 is 9.53 Å². The molecule has 1 N–H and O–H groups in total. The van der Waals surface area contributed by atoms with E-state index in [1.807, 2.05) is 6.92 Å². The molecule has 0 saturated heterocycles. The Balaban J connectivity index is 2.83. The zero-order chi connectivity index (χ0) is 11.3. The van der Waals surface area contributed by atoms with Crippen LogP contribution in [0.1, 0.15) is 23.8 Å². The lowest BCUT2D eigenvalue weighted by molar-refractivity contribution is 0.0948. The van der Waals surface area contributed by atoms with E-state index >= 15 is 0 Å². The second-order valence-corrected chi connectivity index (χ2v) is 3.78. The highest BCUT2D eigenvalue weighted by Gasteiger charge is 2.09. The summed E-state index contributed by atoms with van der Waals surface area (Å²) in [5.41, 5.74) is 0.356. The predicted molar refractivity (Wildman–Crippen MR) is 61.1 cm³/mol. The fraction of sp³-hybridized carbons (Fsp3) is 0.400. The molecule has 82 valence electrons. The molecule has 0 atom stereocenters. The van der Waals surface area contributed by atoms with Gasteiger partial charge in [-0.2, -0.15) is 0 Å². The van der Waals surface area contributed by atoms with Crippen LogP contribution in [0.4, 0.5) is 0 Å². The predicted octanol–water partition coefficient (Wildman–Crippen LogP) is 1.99. The molecule has 0 radical (unpaired) electrons. The second-order valence-electron chi connectivity index (χ2n) is 2.97. The van der Waals surface area contributed by atoms with Gasteiger partial charge in [0.05, 0.1) is 7.11 Å². The number of ether oxygens (including phenoxy) is 1. The SMILES string of the molecule is CCCNC(=O)c1cc(OC)cc(Br)n1. The van der Waals surface area contributed by atoms with Gasteiger partial charge in [0.15, 0.2) is 0 Å². The molecule has 1 aromatic heterocycles. The first-order valence-corrected chi connectivity index (χ1v) is 5.46. The zero-order valence-corrected chi connectivity index (χ0v) is 10.3. The minimum atomic E-state index is -0.184. The average Bonchev–Trinajstić information content (AvgIpc) is 2.24. The van der Waals surface area contributed by atoms with Gasteiger partial charge in [-0.3, -0.25) is 4.79 Å². The number of rotatable bonds is 4. The summed E-state index contributed by atoms with van der Waals surface area (Å²) in [4.78, 5) is 15.6. The summed E-state index contributed by atoms with van der Waals surface area (Å²) in [7, 11) is 1.55. The van der Waals surface area contributed by atoms with Crippen LogP contribution in [-0.4, -0.2) is 24.5 Å². The van der Waals surface area contributed by atoms with Crippen molar-refractivity contribution in [2.75, 3.05) is 13.7 Å². The highest BCUT2D eigenvalue weighted by atomic mass is 79.9. The minimum Gasteiger partial charge on any atom is -0.497 e. The molecule has 15 heavy (non-hydrogen) atoms. The topological polar surface area (TPSA) is 51.2 Å². The van der Waals surface area contributed by atoms with Gasteiger partial charge in [-0.1, -0.05) is 6.92 Å². The van der Waals surface area contributed by atoms with Crippen LogP contribution in [0.25, 0.3) is 0 Å². The first kappa shape index (κ1) is 12.0. The van der Waals surface area contributed by atoms with Crippen LogP contribution < -0.4 is 10.1 Å². The number of nitrogens with zero attached hydrogens (tertiary/aromatic N) is 1. The van der Waals surface area contributed by atoms with Crippen LogP contribution in [0.5, 0.6) is 5.75 Å². The van der Waals surface area contributed by atoms with E-state index in [1.54, 1.807) is 19.2 Å². The van der Waals surface area contributed by atoms with Crippen molar-refractivity contribution in [2.45, 2.75) is 13.3 Å². The number of methoxy groups -OCH3 is 1. The van der Waals surface area contributed by atoms with Gasteiger partial charge in [-0.25, -0.2) is 4.98 Å². The van der Waals surface area contributed by atoms with E-state index in [0.717, 1.165) is 6.42 Å². The Morgan fingerprint density at radius 1 is 1.60 bits per heavy atom. The van der Waals surface area contributed by atoms with Crippen molar-refractivity contribution in [3.63, 3.8) is 0 Å². The molecule has 4 nitrogen and oxygen atoms in total. The van der Waals surface area contributed by atoms with Gasteiger partial charge in [0.25, 0.3) is 5.91 Å². The maximum absolute atomic E-state index is 11.6. The number of halogens is 1. The van der Waals surface area contributed by atoms with Crippen LogP contribution in [0.2, 0.25) is 0 Å². The molecular formula is C10H13BrN2O2. The quantitative estimate of drug-likeness (QED) is 0.853. The Kier molecular flexibility index (Phi) is 4.55. The highest BCUT2D eigenvalue weighted by Crippen LogP contribution is 2.17. The summed E-state index contributed by atoms with van der Waals surface area (Å²) in [6, 6.07) is 3.31. The summed E-state index contributed by atoms with van der Waals surface area (Å²) in [5.74, 6) is 0.426. The fourth-order valence-electron chi connectivity index (χ4n) is 1.04. The second kappa shape index (κ2) is 5.70. The molecule has 0 fully saturated rings. The number of hydrogen-bond acceptors (Lipinski definition) is 3. The Morgan fingerprint density at radius 2 is 2.33 bits per heavy atom. The number of carbonyl (C=O) groups excluding carboxylic acids is 1. The molecular weight excluding hydrogens is 260 g/mol. The molecule has 0 unspecified atom stereocenters. The van der Waals surface area contributed by atoms with Gasteiger partial charge in [-0.15, -0.1) is 0 Å². The van der Waals surface area contributed by atoms with Gasteiger partial charge in [-0.05, 0) is 22.4 Å². The monoisotopic (exact) mass is 272 g/mol. The largest absolute Gasteiger partial charge is 0.497 e. The maximum Gasteiger partial charge on any atom is 0.270 e.